The van der Waals surface area contributed by atoms with Crippen molar-refractivity contribution in [3.05, 3.63) is 108 Å². The van der Waals surface area contributed by atoms with E-state index in [1.165, 1.54) is 48.0 Å². The van der Waals surface area contributed by atoms with E-state index in [0.717, 1.165) is 17.8 Å². The lowest BCUT2D eigenvalue weighted by molar-refractivity contribution is 0.814. The number of aryl methyl sites for hydroxylation is 1. The topological polar surface area (TPSA) is 12.4 Å². The molecule has 37 heavy (non-hydrogen) atoms. The molecule has 0 amide bonds. The van der Waals surface area contributed by atoms with Gasteiger partial charge in [-0.15, -0.1) is 13.2 Å². The molecule has 0 bridgehead atoms. The van der Waals surface area contributed by atoms with Crippen LogP contribution in [0.15, 0.2) is 107 Å². The Morgan fingerprint density at radius 3 is 1.76 bits per heavy atom. The van der Waals surface area contributed by atoms with Crippen LogP contribution < -0.4 is 0 Å². The van der Waals surface area contributed by atoms with E-state index in [9.17, 15) is 0 Å². The van der Waals surface area contributed by atoms with Gasteiger partial charge in [0.15, 0.2) is 0 Å². The molecule has 1 heteroatoms. The second-order valence-electron chi connectivity index (χ2n) is 8.57. The van der Waals surface area contributed by atoms with Crippen molar-refractivity contribution in [1.82, 2.24) is 0 Å². The molecule has 2 rings (SSSR count). The third-order valence-corrected chi connectivity index (χ3v) is 4.87. The maximum absolute atomic E-state index is 4.26. The monoisotopic (exact) mass is 507 g/mol. The van der Waals surface area contributed by atoms with Gasteiger partial charge >= 0.3 is 0 Å². The van der Waals surface area contributed by atoms with Gasteiger partial charge < -0.3 is 0 Å². The number of allylic oxidation sites excluding steroid dienone is 9. The molecule has 1 nitrogen and oxygen atoms in total. The normalized spacial score (nSPS) is 10.5. The molecule has 0 saturated carbocycles. The lowest BCUT2D eigenvalue weighted by Gasteiger charge is -2.02. The van der Waals surface area contributed by atoms with E-state index in [0.29, 0.717) is 0 Å². The van der Waals surface area contributed by atoms with E-state index < -0.39 is 0 Å². The Kier molecular flexibility index (Phi) is 35.1. The van der Waals surface area contributed by atoms with Gasteiger partial charge in [0.2, 0.25) is 0 Å². The van der Waals surface area contributed by atoms with E-state index in [1.54, 1.807) is 11.6 Å². The molecule has 1 aliphatic carbocycles. The molecule has 210 valence electrons. The van der Waals surface area contributed by atoms with Crippen molar-refractivity contribution < 1.29 is 0 Å². The Morgan fingerprint density at radius 1 is 0.919 bits per heavy atom. The highest BCUT2D eigenvalue weighted by Gasteiger charge is 1.95. The standard InChI is InChI=1S/C12H16.C10H17N.C7H10.C3H6.2C2H6/c1-11(2)7-6-10-12-8-4-3-5-9-12;1-7(2)9(5)10(6)11-8(3)4;1-2-7-5-3-4-6-7;1-3-2;2*1-2/h3-5,8-9H,1,6-7,10H2,2H3;3H2,1-2,4-6H3;3-5H,2,6H2,1H3;3H,1H2,2H3;2*1-2H3. The molecule has 0 spiro atoms. The Hall–Kier alpha value is -2.67. The van der Waals surface area contributed by atoms with Crippen molar-refractivity contribution in [2.45, 2.75) is 115 Å². The largest absolute Gasteiger partial charge is 0.259 e. The first kappa shape index (κ1) is 41.5. The Bertz CT molecular complexity index is 809. The summed E-state index contributed by atoms with van der Waals surface area (Å²) in [5.74, 6) is 0. The van der Waals surface area contributed by atoms with Gasteiger partial charge in [-0.1, -0.05) is 113 Å². The minimum Gasteiger partial charge on any atom is -0.259 e. The third-order valence-electron chi connectivity index (χ3n) is 4.87. The van der Waals surface area contributed by atoms with Gasteiger partial charge in [0.25, 0.3) is 0 Å². The molecule has 1 aromatic carbocycles. The summed E-state index contributed by atoms with van der Waals surface area (Å²) in [5.41, 5.74) is 8.77. The van der Waals surface area contributed by atoms with Crippen molar-refractivity contribution in [2.75, 3.05) is 0 Å². The molecule has 0 aromatic heterocycles. The zero-order chi connectivity index (χ0) is 29.6. The zero-order valence-electron chi connectivity index (χ0n) is 26.8. The van der Waals surface area contributed by atoms with Crippen LogP contribution in [0.3, 0.4) is 0 Å². The fourth-order valence-corrected chi connectivity index (χ4v) is 2.72. The summed E-state index contributed by atoms with van der Waals surface area (Å²) in [6, 6.07) is 10.6. The minimum absolute atomic E-state index is 0.864. The van der Waals surface area contributed by atoms with Crippen LogP contribution in [0.1, 0.15) is 114 Å². The van der Waals surface area contributed by atoms with Gasteiger partial charge in [-0.3, -0.25) is 4.99 Å². The van der Waals surface area contributed by atoms with E-state index >= 15 is 0 Å². The fourth-order valence-electron chi connectivity index (χ4n) is 2.72. The van der Waals surface area contributed by atoms with Crippen molar-refractivity contribution >= 4 is 5.71 Å². The van der Waals surface area contributed by atoms with E-state index in [2.05, 4.69) is 108 Å². The first-order valence-electron chi connectivity index (χ1n) is 14.0. The summed E-state index contributed by atoms with van der Waals surface area (Å²) < 4.78 is 0. The first-order valence-corrected chi connectivity index (χ1v) is 14.0. The molecule has 0 radical (unpaired) electrons. The van der Waals surface area contributed by atoms with E-state index in [1.807, 2.05) is 48.5 Å². The van der Waals surface area contributed by atoms with Crippen LogP contribution in [0.4, 0.5) is 0 Å². The number of hydrogen-bond donors (Lipinski definition) is 0. The molecule has 0 aliphatic heterocycles. The first-order chi connectivity index (χ1) is 17.6. The predicted molar refractivity (Wildman–Crippen MR) is 177 cm³/mol. The summed E-state index contributed by atoms with van der Waals surface area (Å²) in [6.07, 6.45) is 14.2. The van der Waals surface area contributed by atoms with Crippen LogP contribution in [0.25, 0.3) is 0 Å². The van der Waals surface area contributed by atoms with Gasteiger partial charge in [0, 0.05) is 11.4 Å². The highest BCUT2D eigenvalue weighted by Crippen LogP contribution is 2.12. The maximum atomic E-state index is 4.26. The molecule has 0 fully saturated rings. The summed E-state index contributed by atoms with van der Waals surface area (Å²) in [4.78, 5) is 4.26. The molecule has 0 atom stereocenters. The van der Waals surface area contributed by atoms with Gasteiger partial charge in [0.1, 0.15) is 0 Å². The zero-order valence-corrected chi connectivity index (χ0v) is 26.8. The smallest absolute Gasteiger partial charge is 0.0404 e. The van der Waals surface area contributed by atoms with Gasteiger partial charge in [-0.05, 0) is 91.7 Å². The van der Waals surface area contributed by atoms with Gasteiger partial charge in [0.05, 0.1) is 0 Å². The van der Waals surface area contributed by atoms with E-state index in [-0.39, 0.29) is 0 Å². The van der Waals surface area contributed by atoms with Gasteiger partial charge in [-0.2, -0.15) is 0 Å². The fraction of sp³-hybridized carbons (Fsp3) is 0.472. The van der Waals surface area contributed by atoms with Crippen LogP contribution >= 0.6 is 0 Å². The number of rotatable bonds is 7. The van der Waals surface area contributed by atoms with Crippen molar-refractivity contribution in [3.8, 4) is 0 Å². The van der Waals surface area contributed by atoms with Gasteiger partial charge in [-0.25, -0.2) is 0 Å². The highest BCUT2D eigenvalue weighted by atomic mass is 14.7. The molecule has 1 aromatic rings. The van der Waals surface area contributed by atoms with Crippen LogP contribution in [-0.2, 0) is 6.42 Å². The van der Waals surface area contributed by atoms with Crippen LogP contribution in [0, 0.1) is 0 Å². The highest BCUT2D eigenvalue weighted by molar-refractivity contribution is 5.98. The van der Waals surface area contributed by atoms with E-state index in [4.69, 9.17) is 0 Å². The second kappa shape index (κ2) is 31.4. The van der Waals surface area contributed by atoms with Crippen molar-refractivity contribution in [3.63, 3.8) is 0 Å². The lowest BCUT2D eigenvalue weighted by Crippen LogP contribution is -1.95. The van der Waals surface area contributed by atoms with Crippen LogP contribution in [-0.4, -0.2) is 5.71 Å². The molecule has 0 N–H and O–H groups in total. The minimum atomic E-state index is 0.864. The summed E-state index contributed by atoms with van der Waals surface area (Å²) in [6.45, 7) is 35.3. The molecular weight excluding hydrogens is 446 g/mol. The second-order valence-corrected chi connectivity index (χ2v) is 8.57. The van der Waals surface area contributed by atoms with Crippen LogP contribution in [0.2, 0.25) is 0 Å². The summed E-state index contributed by atoms with van der Waals surface area (Å²) in [7, 11) is 0. The average Bonchev–Trinajstić information content (AvgIpc) is 3.41. The Morgan fingerprint density at radius 2 is 1.43 bits per heavy atom. The molecular formula is C36H61N. The van der Waals surface area contributed by atoms with Crippen molar-refractivity contribution in [2.24, 2.45) is 4.99 Å². The Balaban J connectivity index is -0.000000200. The quantitative estimate of drug-likeness (QED) is 0.257. The lowest BCUT2D eigenvalue weighted by atomic mass is 10.1. The van der Waals surface area contributed by atoms with Crippen LogP contribution in [0.5, 0.6) is 0 Å². The molecule has 0 heterocycles. The number of nitrogens with zero attached hydrogens (tertiary/aromatic N) is 1. The molecule has 0 saturated heterocycles. The van der Waals surface area contributed by atoms with Crippen molar-refractivity contribution in [1.29, 1.82) is 0 Å². The third kappa shape index (κ3) is 31.3. The predicted octanol–water partition coefficient (Wildman–Crippen LogP) is 12.4. The summed E-state index contributed by atoms with van der Waals surface area (Å²) in [5, 5.41) is 0. The average molecular weight is 508 g/mol. The Labute approximate surface area is 233 Å². The summed E-state index contributed by atoms with van der Waals surface area (Å²) >= 11 is 0. The number of aliphatic imine (C=N–C) groups is 1. The molecule has 0 unspecified atom stereocenters. The number of hydrogen-bond acceptors (Lipinski definition) is 1. The maximum Gasteiger partial charge on any atom is 0.0404 e. The molecule has 1 aliphatic rings. The number of benzene rings is 1. The SMILES string of the molecule is C=C(C)CCCc1ccccc1.C=C(C)N=C(C)C(C)=C(C)C.C=CC.CC.CC.CCC1=CC=CC1.